The standard InChI is InChI=1S/C50H31N5O/c1-3-14-32(15-4-1)49-51-52-50(33-16-5-2-6-17-33)55(49)36-26-27-45-40(29-36)37-20-7-10-23-43(37)53(45)34-18-13-19-35(28-34)54-44-24-11-8-21-38(44)41-30-42-39-22-9-12-25-47(39)56-48(42)31-46(41)54/h1-31H. The molecule has 0 amide bonds. The topological polar surface area (TPSA) is 53.7 Å². The zero-order valence-corrected chi connectivity index (χ0v) is 30.0. The number of hydrogen-bond donors (Lipinski definition) is 0. The highest BCUT2D eigenvalue weighted by Crippen LogP contribution is 2.40. The van der Waals surface area contributed by atoms with Crippen molar-refractivity contribution in [3.05, 3.63) is 188 Å². The summed E-state index contributed by atoms with van der Waals surface area (Å²) in [4.78, 5) is 0. The second-order valence-corrected chi connectivity index (χ2v) is 14.3. The summed E-state index contributed by atoms with van der Waals surface area (Å²) in [5.41, 5.74) is 11.5. The molecular weight excluding hydrogens is 687 g/mol. The van der Waals surface area contributed by atoms with E-state index in [0.29, 0.717) is 0 Å². The van der Waals surface area contributed by atoms with Gasteiger partial charge >= 0.3 is 0 Å². The first-order chi connectivity index (χ1) is 27.8. The van der Waals surface area contributed by atoms with Gasteiger partial charge in [0.05, 0.1) is 27.8 Å². The average molecular weight is 718 g/mol. The first-order valence-corrected chi connectivity index (χ1v) is 18.8. The maximum atomic E-state index is 6.40. The Morgan fingerprint density at radius 1 is 0.304 bits per heavy atom. The molecule has 0 radical (unpaired) electrons. The lowest BCUT2D eigenvalue weighted by atomic mass is 10.1. The lowest BCUT2D eigenvalue weighted by Gasteiger charge is -2.14. The Kier molecular flexibility index (Phi) is 6.53. The first-order valence-electron chi connectivity index (χ1n) is 18.8. The lowest BCUT2D eigenvalue weighted by Crippen LogP contribution is -2.01. The molecule has 0 unspecified atom stereocenters. The third-order valence-electron chi connectivity index (χ3n) is 11.2. The number of para-hydroxylation sites is 3. The molecule has 0 saturated carbocycles. The summed E-state index contributed by atoms with van der Waals surface area (Å²) in [6, 6.07) is 66.3. The fourth-order valence-electron chi connectivity index (χ4n) is 8.69. The van der Waals surface area contributed by atoms with Gasteiger partial charge < -0.3 is 13.6 Å². The van der Waals surface area contributed by atoms with Gasteiger partial charge in [-0.1, -0.05) is 121 Å². The molecule has 4 heterocycles. The van der Waals surface area contributed by atoms with Crippen molar-refractivity contribution in [2.24, 2.45) is 0 Å². The van der Waals surface area contributed by atoms with E-state index < -0.39 is 0 Å². The molecule has 0 aliphatic heterocycles. The molecule has 0 aliphatic rings. The molecular formula is C50H31N5O. The van der Waals surface area contributed by atoms with Crippen LogP contribution in [0.2, 0.25) is 0 Å². The van der Waals surface area contributed by atoms with Gasteiger partial charge in [0.2, 0.25) is 0 Å². The Morgan fingerprint density at radius 2 is 0.821 bits per heavy atom. The van der Waals surface area contributed by atoms with Gasteiger partial charge in [0.25, 0.3) is 0 Å². The van der Waals surface area contributed by atoms with E-state index in [1.54, 1.807) is 0 Å². The van der Waals surface area contributed by atoms with Crippen LogP contribution < -0.4 is 0 Å². The van der Waals surface area contributed by atoms with E-state index in [0.717, 1.165) is 89.2 Å². The molecule has 56 heavy (non-hydrogen) atoms. The van der Waals surface area contributed by atoms with Gasteiger partial charge in [-0.25, -0.2) is 0 Å². The Balaban J connectivity index is 1.07. The summed E-state index contributed by atoms with van der Waals surface area (Å²) in [7, 11) is 0. The molecule has 4 aromatic heterocycles. The number of nitrogens with zero attached hydrogens (tertiary/aromatic N) is 5. The highest BCUT2D eigenvalue weighted by Gasteiger charge is 2.21. The van der Waals surface area contributed by atoms with Crippen molar-refractivity contribution in [1.29, 1.82) is 0 Å². The van der Waals surface area contributed by atoms with Crippen LogP contribution in [-0.4, -0.2) is 23.9 Å². The molecule has 0 bridgehead atoms. The molecule has 0 atom stereocenters. The van der Waals surface area contributed by atoms with Gasteiger partial charge in [-0.15, -0.1) is 10.2 Å². The van der Waals surface area contributed by atoms with Crippen LogP contribution in [0.1, 0.15) is 0 Å². The van der Waals surface area contributed by atoms with Crippen LogP contribution in [0.25, 0.3) is 105 Å². The minimum Gasteiger partial charge on any atom is -0.456 e. The van der Waals surface area contributed by atoms with E-state index >= 15 is 0 Å². The number of benzene rings is 8. The van der Waals surface area contributed by atoms with Gasteiger partial charge in [-0.2, -0.15) is 0 Å². The number of aromatic nitrogens is 5. The van der Waals surface area contributed by atoms with Crippen molar-refractivity contribution in [2.45, 2.75) is 0 Å². The van der Waals surface area contributed by atoms with Crippen LogP contribution in [0, 0.1) is 0 Å². The fourth-order valence-corrected chi connectivity index (χ4v) is 8.69. The highest BCUT2D eigenvalue weighted by molar-refractivity contribution is 6.17. The van der Waals surface area contributed by atoms with Crippen molar-refractivity contribution in [1.82, 2.24) is 23.9 Å². The lowest BCUT2D eigenvalue weighted by molar-refractivity contribution is 0.669. The van der Waals surface area contributed by atoms with Crippen molar-refractivity contribution in [3.8, 4) is 39.8 Å². The number of hydrogen-bond acceptors (Lipinski definition) is 3. The highest BCUT2D eigenvalue weighted by atomic mass is 16.3. The molecule has 12 rings (SSSR count). The van der Waals surface area contributed by atoms with Crippen LogP contribution in [0.5, 0.6) is 0 Å². The van der Waals surface area contributed by atoms with Gasteiger partial charge in [0, 0.05) is 60.9 Å². The molecule has 8 aromatic carbocycles. The van der Waals surface area contributed by atoms with Crippen molar-refractivity contribution < 1.29 is 4.42 Å². The summed E-state index contributed by atoms with van der Waals surface area (Å²) in [5, 5.41) is 16.5. The van der Waals surface area contributed by atoms with Crippen LogP contribution in [0.3, 0.4) is 0 Å². The Labute approximate surface area is 320 Å². The average Bonchev–Trinajstić information content (AvgIpc) is 4.03. The Morgan fingerprint density at radius 3 is 1.48 bits per heavy atom. The Bertz CT molecular complexity index is 3420. The normalized spacial score (nSPS) is 11.9. The smallest absolute Gasteiger partial charge is 0.168 e. The Hall–Kier alpha value is -7.70. The summed E-state index contributed by atoms with van der Waals surface area (Å²) < 4.78 is 13.3. The second kappa shape index (κ2) is 11.9. The van der Waals surface area contributed by atoms with Crippen LogP contribution in [-0.2, 0) is 0 Å². The van der Waals surface area contributed by atoms with Gasteiger partial charge in [0.15, 0.2) is 11.6 Å². The molecule has 6 heteroatoms. The van der Waals surface area contributed by atoms with E-state index in [9.17, 15) is 0 Å². The van der Waals surface area contributed by atoms with E-state index in [1.807, 2.05) is 48.5 Å². The van der Waals surface area contributed by atoms with E-state index in [4.69, 9.17) is 14.6 Å². The van der Waals surface area contributed by atoms with Crippen molar-refractivity contribution >= 4 is 65.6 Å². The minimum absolute atomic E-state index is 0.798. The molecule has 0 fully saturated rings. The van der Waals surface area contributed by atoms with Crippen molar-refractivity contribution in [3.63, 3.8) is 0 Å². The minimum atomic E-state index is 0.798. The summed E-state index contributed by atoms with van der Waals surface area (Å²) >= 11 is 0. The first kappa shape index (κ1) is 30.7. The van der Waals surface area contributed by atoms with E-state index in [2.05, 4.69) is 153 Å². The SMILES string of the molecule is c1ccc(-c2nnc(-c3ccccc3)n2-c2ccc3c(c2)c2ccccc2n3-c2cccc(-n3c4ccccc4c4cc5c(cc43)oc3ccccc35)c2)cc1. The quantitative estimate of drug-likeness (QED) is 0.178. The second-order valence-electron chi connectivity index (χ2n) is 14.3. The van der Waals surface area contributed by atoms with Gasteiger partial charge in [-0.3, -0.25) is 4.57 Å². The fraction of sp³-hybridized carbons (Fsp3) is 0. The van der Waals surface area contributed by atoms with Gasteiger partial charge in [-0.05, 0) is 60.7 Å². The molecule has 0 saturated heterocycles. The predicted molar refractivity (Wildman–Crippen MR) is 228 cm³/mol. The number of furan rings is 1. The van der Waals surface area contributed by atoms with E-state index in [1.165, 1.54) is 16.2 Å². The predicted octanol–water partition coefficient (Wildman–Crippen LogP) is 12.7. The van der Waals surface area contributed by atoms with E-state index in [-0.39, 0.29) is 0 Å². The molecule has 12 aromatic rings. The monoisotopic (exact) mass is 717 g/mol. The maximum absolute atomic E-state index is 6.40. The molecule has 0 N–H and O–H groups in total. The third kappa shape index (κ3) is 4.50. The largest absolute Gasteiger partial charge is 0.456 e. The maximum Gasteiger partial charge on any atom is 0.168 e. The summed E-state index contributed by atoms with van der Waals surface area (Å²) in [6.45, 7) is 0. The van der Waals surface area contributed by atoms with Crippen LogP contribution >= 0.6 is 0 Å². The van der Waals surface area contributed by atoms with Crippen LogP contribution in [0.15, 0.2) is 192 Å². The summed E-state index contributed by atoms with van der Waals surface area (Å²) in [5.74, 6) is 1.60. The molecule has 0 spiro atoms. The third-order valence-corrected chi connectivity index (χ3v) is 11.2. The van der Waals surface area contributed by atoms with Crippen molar-refractivity contribution in [2.75, 3.05) is 0 Å². The number of fused-ring (bicyclic) bond motifs is 9. The summed E-state index contributed by atoms with van der Waals surface area (Å²) in [6.07, 6.45) is 0. The number of rotatable bonds is 5. The van der Waals surface area contributed by atoms with Crippen LogP contribution in [0.4, 0.5) is 0 Å². The molecule has 0 aliphatic carbocycles. The zero-order valence-electron chi connectivity index (χ0n) is 30.0. The zero-order chi connectivity index (χ0) is 36.7. The molecule has 6 nitrogen and oxygen atoms in total. The van der Waals surface area contributed by atoms with Gasteiger partial charge in [0.1, 0.15) is 11.2 Å². The molecule has 262 valence electrons.